The molecule has 1 radical (unpaired) electrons. The smallest absolute Gasteiger partial charge is 0.00951 e. The molecule has 12 heavy (non-hydrogen) atoms. The van der Waals surface area contributed by atoms with Crippen LogP contribution in [0.4, 0.5) is 0 Å². The zero-order chi connectivity index (χ0) is 8.91. The molecule has 0 aromatic rings. The molecule has 0 unspecified atom stereocenters. The first kappa shape index (κ1) is 15.5. The van der Waals surface area contributed by atoms with Crippen LogP contribution >= 0.6 is 0 Å². The molecule has 0 N–H and O–H groups in total. The van der Waals surface area contributed by atoms with Crippen LogP contribution in [-0.4, -0.2) is 23.5 Å². The van der Waals surface area contributed by atoms with E-state index in [0.717, 1.165) is 0 Å². The molecule has 1 saturated heterocycles. The number of hydrogen-bond donors (Lipinski definition) is 0. The molecule has 1 heterocycles. The summed E-state index contributed by atoms with van der Waals surface area (Å²) in [4.78, 5) is 2.49. The maximum Gasteiger partial charge on any atom is 0.00951 e. The molecule has 1 fully saturated rings. The second kappa shape index (κ2) is 7.47. The minimum atomic E-state index is 0. The van der Waals surface area contributed by atoms with Gasteiger partial charge in [0.2, 0.25) is 0 Å². The van der Waals surface area contributed by atoms with E-state index >= 15 is 0 Å². The van der Waals surface area contributed by atoms with Crippen LogP contribution in [0.2, 0.25) is 0 Å². The topological polar surface area (TPSA) is 3.24 Å². The van der Waals surface area contributed by atoms with Crippen LogP contribution in [0.15, 0.2) is 0 Å². The van der Waals surface area contributed by atoms with E-state index in [4.69, 9.17) is 0 Å². The van der Waals surface area contributed by atoms with Crippen molar-refractivity contribution in [3.05, 3.63) is 6.42 Å². The van der Waals surface area contributed by atoms with Crippen molar-refractivity contribution in [2.24, 2.45) is 0 Å². The molecule has 1 aliphatic rings. The van der Waals surface area contributed by atoms with Gasteiger partial charge in [0.15, 0.2) is 0 Å². The molecule has 0 bridgehead atoms. The van der Waals surface area contributed by atoms with Crippen LogP contribution in [0.1, 0.15) is 41.0 Å². The molecular weight excluding hydrogens is 223 g/mol. The number of likely N-dealkylation sites (tertiary alicyclic amines) is 1. The fourth-order valence-electron chi connectivity index (χ4n) is 1.19. The Labute approximate surface area is 103 Å². The molecule has 0 aliphatic carbocycles. The first-order valence-electron chi connectivity index (χ1n) is 4.67. The van der Waals surface area contributed by atoms with Crippen molar-refractivity contribution in [3.63, 3.8) is 0 Å². The van der Waals surface area contributed by atoms with Gasteiger partial charge in [-0.05, 0) is 27.3 Å². The Hall–Kier alpha value is 1.06. The average Bonchev–Trinajstić information content (AvgIpc) is 2.40. The molecule has 0 spiro atoms. The van der Waals surface area contributed by atoms with Gasteiger partial charge in [0, 0.05) is 38.2 Å². The summed E-state index contributed by atoms with van der Waals surface area (Å²) in [5.74, 6) is 0. The molecule has 0 atom stereocenters. The summed E-state index contributed by atoms with van der Waals surface area (Å²) < 4.78 is 0. The van der Waals surface area contributed by atoms with E-state index in [1.54, 1.807) is 0 Å². The van der Waals surface area contributed by atoms with Crippen molar-refractivity contribution in [3.8, 4) is 0 Å². The van der Waals surface area contributed by atoms with Crippen molar-refractivity contribution in [2.75, 3.05) is 13.1 Å². The first-order chi connectivity index (χ1) is 5.11. The molecule has 1 nitrogen and oxygen atoms in total. The van der Waals surface area contributed by atoms with Crippen LogP contribution in [-0.2, 0) is 32.7 Å². The van der Waals surface area contributed by atoms with Crippen molar-refractivity contribution in [1.29, 1.82) is 0 Å². The SMILES string of the molecule is CC.CC(C)(C)N1C[CH-]CC1.[Y]. The fourth-order valence-corrected chi connectivity index (χ4v) is 1.19. The van der Waals surface area contributed by atoms with E-state index in [1.165, 1.54) is 19.5 Å². The summed E-state index contributed by atoms with van der Waals surface area (Å²) in [7, 11) is 0. The Balaban J connectivity index is 0. The molecular formula is C10H22NY-. The van der Waals surface area contributed by atoms with Crippen LogP contribution in [0.25, 0.3) is 0 Å². The predicted molar refractivity (Wildman–Crippen MR) is 51.6 cm³/mol. The largest absolute Gasteiger partial charge is 0.330 e. The molecule has 0 amide bonds. The summed E-state index contributed by atoms with van der Waals surface area (Å²) >= 11 is 0. The third-order valence-electron chi connectivity index (χ3n) is 1.90. The van der Waals surface area contributed by atoms with Crippen molar-refractivity contribution >= 4 is 0 Å². The second-order valence-corrected chi connectivity index (χ2v) is 3.69. The normalized spacial score (nSPS) is 17.8. The zero-order valence-corrected chi connectivity index (χ0v) is 12.1. The summed E-state index contributed by atoms with van der Waals surface area (Å²) in [6.07, 6.45) is 3.63. The third kappa shape index (κ3) is 5.67. The van der Waals surface area contributed by atoms with Gasteiger partial charge in [-0.1, -0.05) is 13.8 Å². The van der Waals surface area contributed by atoms with Gasteiger partial charge >= 0.3 is 0 Å². The van der Waals surface area contributed by atoms with Gasteiger partial charge in [0.1, 0.15) is 0 Å². The summed E-state index contributed by atoms with van der Waals surface area (Å²) in [6.45, 7) is 13.2. The fraction of sp³-hybridized carbons (Fsp3) is 0.900. The van der Waals surface area contributed by atoms with Gasteiger partial charge in [0.05, 0.1) is 0 Å². The van der Waals surface area contributed by atoms with Crippen molar-refractivity contribution < 1.29 is 32.7 Å². The summed E-state index contributed by atoms with van der Waals surface area (Å²) in [6, 6.07) is 0. The molecule has 2 heteroatoms. The molecule has 0 aromatic heterocycles. The van der Waals surface area contributed by atoms with Gasteiger partial charge in [-0.25, -0.2) is 0 Å². The van der Waals surface area contributed by atoms with Gasteiger partial charge in [-0.15, -0.1) is 6.54 Å². The van der Waals surface area contributed by atoms with Gasteiger partial charge in [0.25, 0.3) is 0 Å². The predicted octanol–water partition coefficient (Wildman–Crippen LogP) is 2.72. The van der Waals surface area contributed by atoms with Crippen LogP contribution < -0.4 is 0 Å². The van der Waals surface area contributed by atoms with Crippen LogP contribution in [0, 0.1) is 6.42 Å². The Kier molecular flexibility index (Phi) is 9.66. The summed E-state index contributed by atoms with van der Waals surface area (Å²) in [5.41, 5.74) is 0.382. The summed E-state index contributed by atoms with van der Waals surface area (Å²) in [5, 5.41) is 0. The van der Waals surface area contributed by atoms with Gasteiger partial charge in [-0.3, -0.25) is 0 Å². The van der Waals surface area contributed by atoms with Crippen molar-refractivity contribution in [1.82, 2.24) is 4.90 Å². The maximum atomic E-state index is 2.49. The van der Waals surface area contributed by atoms with Crippen LogP contribution in [0.5, 0.6) is 0 Å². The second-order valence-electron chi connectivity index (χ2n) is 3.69. The molecule has 1 rings (SSSR count). The Morgan fingerprint density at radius 2 is 1.67 bits per heavy atom. The van der Waals surface area contributed by atoms with E-state index in [9.17, 15) is 0 Å². The van der Waals surface area contributed by atoms with Crippen LogP contribution in [0.3, 0.4) is 0 Å². The monoisotopic (exact) mass is 245 g/mol. The Bertz CT molecular complexity index is 90.5. The minimum Gasteiger partial charge on any atom is -0.330 e. The third-order valence-corrected chi connectivity index (χ3v) is 1.90. The van der Waals surface area contributed by atoms with E-state index in [2.05, 4.69) is 32.1 Å². The molecule has 0 aromatic carbocycles. The Morgan fingerprint density at radius 1 is 1.17 bits per heavy atom. The van der Waals surface area contributed by atoms with E-state index < -0.39 is 0 Å². The van der Waals surface area contributed by atoms with Crippen molar-refractivity contribution in [2.45, 2.75) is 46.6 Å². The van der Waals surface area contributed by atoms with E-state index in [-0.39, 0.29) is 32.7 Å². The number of nitrogens with zero attached hydrogens (tertiary/aromatic N) is 1. The molecule has 1 aliphatic heterocycles. The first-order valence-corrected chi connectivity index (χ1v) is 4.67. The number of rotatable bonds is 0. The molecule has 71 valence electrons. The number of hydrogen-bond acceptors (Lipinski definition) is 1. The Morgan fingerprint density at radius 3 is 1.83 bits per heavy atom. The van der Waals surface area contributed by atoms with Gasteiger partial charge < -0.3 is 11.3 Å². The quantitative estimate of drug-likeness (QED) is 0.593. The minimum absolute atomic E-state index is 0. The van der Waals surface area contributed by atoms with Gasteiger partial charge in [-0.2, -0.15) is 6.42 Å². The molecule has 0 saturated carbocycles. The zero-order valence-electron chi connectivity index (χ0n) is 9.22. The maximum absolute atomic E-state index is 2.49. The standard InChI is InChI=1S/C8H16N.C2H6.Y/c1-8(2,3)9-6-4-5-7-9;1-2;/h4H,5-7H2,1-3H3;1-2H3;/q-1;;. The van der Waals surface area contributed by atoms with E-state index in [1.807, 2.05) is 13.8 Å². The average molecular weight is 245 g/mol. The van der Waals surface area contributed by atoms with E-state index in [0.29, 0.717) is 5.54 Å².